The fraction of sp³-hybridized carbons (Fsp3) is 0.412. The zero-order chi connectivity index (χ0) is 15.2. The van der Waals surface area contributed by atoms with E-state index in [2.05, 4.69) is 27.9 Å². The predicted octanol–water partition coefficient (Wildman–Crippen LogP) is 1.69. The van der Waals surface area contributed by atoms with E-state index in [0.717, 1.165) is 37.9 Å². The summed E-state index contributed by atoms with van der Waals surface area (Å²) in [6, 6.07) is 10.2. The van der Waals surface area contributed by atoms with Crippen molar-refractivity contribution in [3.8, 4) is 0 Å². The Morgan fingerprint density at radius 3 is 2.95 bits per heavy atom. The van der Waals surface area contributed by atoms with E-state index in [0.29, 0.717) is 6.54 Å². The second-order valence-corrected chi connectivity index (χ2v) is 5.75. The first kappa shape index (κ1) is 14.8. The maximum atomic E-state index is 11.9. The smallest absolute Gasteiger partial charge is 0.237 e. The fourth-order valence-electron chi connectivity index (χ4n) is 2.73. The number of amides is 1. The van der Waals surface area contributed by atoms with Crippen molar-refractivity contribution in [3.63, 3.8) is 0 Å². The normalized spacial score (nSPS) is 18.7. The largest absolute Gasteiger partial charge is 0.355 e. The quantitative estimate of drug-likeness (QED) is 0.883. The van der Waals surface area contributed by atoms with Gasteiger partial charge in [0.1, 0.15) is 0 Å². The van der Waals surface area contributed by atoms with E-state index in [-0.39, 0.29) is 11.9 Å². The van der Waals surface area contributed by atoms with E-state index in [9.17, 15) is 4.79 Å². The Bertz CT molecular complexity index is 608. The van der Waals surface area contributed by atoms with Crippen LogP contribution in [-0.4, -0.2) is 28.3 Å². The Morgan fingerprint density at radius 2 is 2.09 bits per heavy atom. The molecule has 5 nitrogen and oxygen atoms in total. The average molecular weight is 298 g/mol. The Balaban J connectivity index is 1.54. The molecule has 1 aliphatic heterocycles. The number of hydrogen-bond donors (Lipinski definition) is 2. The van der Waals surface area contributed by atoms with Crippen LogP contribution in [0.25, 0.3) is 0 Å². The van der Waals surface area contributed by atoms with Crippen LogP contribution in [0.15, 0.2) is 42.7 Å². The molecule has 0 aliphatic carbocycles. The second-order valence-electron chi connectivity index (χ2n) is 5.75. The molecule has 2 N–H and O–H groups in total. The van der Waals surface area contributed by atoms with Gasteiger partial charge >= 0.3 is 0 Å². The molecule has 1 amide bonds. The predicted molar refractivity (Wildman–Crippen MR) is 85.3 cm³/mol. The molecule has 1 aromatic carbocycles. The topological polar surface area (TPSA) is 59.0 Å². The molecule has 0 spiro atoms. The first-order valence-electron chi connectivity index (χ1n) is 7.87. The van der Waals surface area contributed by atoms with Gasteiger partial charge in [0.05, 0.1) is 18.8 Å². The average Bonchev–Trinajstić information content (AvgIpc) is 2.87. The van der Waals surface area contributed by atoms with Crippen LogP contribution in [0.2, 0.25) is 0 Å². The summed E-state index contributed by atoms with van der Waals surface area (Å²) >= 11 is 0. The number of benzene rings is 1. The van der Waals surface area contributed by atoms with Gasteiger partial charge < -0.3 is 10.6 Å². The maximum absolute atomic E-state index is 11.9. The van der Waals surface area contributed by atoms with Gasteiger partial charge in [-0.15, -0.1) is 0 Å². The molecule has 2 heterocycles. The number of hydrogen-bond acceptors (Lipinski definition) is 3. The monoisotopic (exact) mass is 298 g/mol. The highest BCUT2D eigenvalue weighted by molar-refractivity contribution is 5.81. The summed E-state index contributed by atoms with van der Waals surface area (Å²) in [6.07, 6.45) is 6.96. The summed E-state index contributed by atoms with van der Waals surface area (Å²) in [7, 11) is 0. The van der Waals surface area contributed by atoms with Gasteiger partial charge in [-0.05, 0) is 24.8 Å². The van der Waals surface area contributed by atoms with Crippen LogP contribution >= 0.6 is 0 Å². The fourth-order valence-corrected chi connectivity index (χ4v) is 2.73. The second kappa shape index (κ2) is 7.22. The van der Waals surface area contributed by atoms with Crippen molar-refractivity contribution in [2.45, 2.75) is 38.4 Å². The summed E-state index contributed by atoms with van der Waals surface area (Å²) in [6.45, 7) is 2.24. The van der Waals surface area contributed by atoms with Crippen molar-refractivity contribution in [1.82, 2.24) is 20.4 Å². The SMILES string of the molecule is O=C1NCCCC[C@@H]1NCc1cnn(Cc2ccccc2)c1. The molecule has 5 heteroatoms. The molecular weight excluding hydrogens is 276 g/mol. The summed E-state index contributed by atoms with van der Waals surface area (Å²) in [4.78, 5) is 11.9. The Kier molecular flexibility index (Phi) is 4.85. The van der Waals surface area contributed by atoms with Crippen molar-refractivity contribution in [1.29, 1.82) is 0 Å². The minimum Gasteiger partial charge on any atom is -0.355 e. The van der Waals surface area contributed by atoms with Crippen LogP contribution in [-0.2, 0) is 17.9 Å². The molecule has 1 fully saturated rings. The van der Waals surface area contributed by atoms with Crippen LogP contribution in [0.5, 0.6) is 0 Å². The first-order chi connectivity index (χ1) is 10.8. The number of nitrogens with zero attached hydrogens (tertiary/aromatic N) is 2. The molecule has 116 valence electrons. The molecule has 0 radical (unpaired) electrons. The maximum Gasteiger partial charge on any atom is 0.237 e. The van der Waals surface area contributed by atoms with E-state index in [4.69, 9.17) is 0 Å². The van der Waals surface area contributed by atoms with Crippen molar-refractivity contribution in [3.05, 3.63) is 53.9 Å². The highest BCUT2D eigenvalue weighted by Crippen LogP contribution is 2.08. The molecule has 2 aromatic rings. The van der Waals surface area contributed by atoms with Crippen LogP contribution < -0.4 is 10.6 Å². The standard InChI is InChI=1S/C17H22N4O/c22-17-16(8-4-5-9-18-17)19-10-15-11-20-21(13-15)12-14-6-2-1-3-7-14/h1-3,6-7,11,13,16,19H,4-5,8-10,12H2,(H,18,22)/t16-/m0/s1. The number of rotatable bonds is 5. The lowest BCUT2D eigenvalue weighted by Gasteiger charge is -2.14. The van der Waals surface area contributed by atoms with Gasteiger partial charge in [0.25, 0.3) is 0 Å². The van der Waals surface area contributed by atoms with Crippen LogP contribution in [0, 0.1) is 0 Å². The molecular formula is C17H22N4O. The highest BCUT2D eigenvalue weighted by Gasteiger charge is 2.19. The molecule has 0 bridgehead atoms. The molecule has 1 atom stereocenters. The molecule has 0 saturated carbocycles. The zero-order valence-electron chi connectivity index (χ0n) is 12.7. The van der Waals surface area contributed by atoms with Crippen molar-refractivity contribution >= 4 is 5.91 Å². The van der Waals surface area contributed by atoms with E-state index >= 15 is 0 Å². The number of carbonyl (C=O) groups excluding carboxylic acids is 1. The minimum atomic E-state index is -0.0834. The molecule has 3 rings (SSSR count). The Labute approximate surface area is 130 Å². The van der Waals surface area contributed by atoms with Crippen molar-refractivity contribution < 1.29 is 4.79 Å². The molecule has 0 unspecified atom stereocenters. The molecule has 22 heavy (non-hydrogen) atoms. The minimum absolute atomic E-state index is 0.0834. The third-order valence-corrected chi connectivity index (χ3v) is 3.96. The van der Waals surface area contributed by atoms with Gasteiger partial charge in [0, 0.05) is 24.8 Å². The van der Waals surface area contributed by atoms with Gasteiger partial charge in [0.15, 0.2) is 0 Å². The van der Waals surface area contributed by atoms with E-state index in [1.54, 1.807) is 0 Å². The van der Waals surface area contributed by atoms with E-state index in [1.165, 1.54) is 5.56 Å². The van der Waals surface area contributed by atoms with Crippen LogP contribution in [0.4, 0.5) is 0 Å². The zero-order valence-corrected chi connectivity index (χ0v) is 12.7. The van der Waals surface area contributed by atoms with Gasteiger partial charge in [-0.1, -0.05) is 30.3 Å². The molecule has 1 aromatic heterocycles. The highest BCUT2D eigenvalue weighted by atomic mass is 16.2. The summed E-state index contributed by atoms with van der Waals surface area (Å²) in [5.74, 6) is 0.120. The number of aromatic nitrogens is 2. The van der Waals surface area contributed by atoms with Crippen LogP contribution in [0.3, 0.4) is 0 Å². The Morgan fingerprint density at radius 1 is 1.23 bits per heavy atom. The lowest BCUT2D eigenvalue weighted by atomic mass is 10.1. The third-order valence-electron chi connectivity index (χ3n) is 3.96. The Hall–Kier alpha value is -2.14. The summed E-state index contributed by atoms with van der Waals surface area (Å²) in [5, 5.41) is 10.7. The van der Waals surface area contributed by atoms with E-state index in [1.807, 2.05) is 35.3 Å². The number of nitrogens with one attached hydrogen (secondary N) is 2. The van der Waals surface area contributed by atoms with Crippen LogP contribution in [0.1, 0.15) is 30.4 Å². The van der Waals surface area contributed by atoms with Crippen molar-refractivity contribution in [2.75, 3.05) is 6.54 Å². The van der Waals surface area contributed by atoms with Gasteiger partial charge in [-0.25, -0.2) is 0 Å². The van der Waals surface area contributed by atoms with E-state index < -0.39 is 0 Å². The summed E-state index contributed by atoms with van der Waals surface area (Å²) in [5.41, 5.74) is 2.33. The van der Waals surface area contributed by atoms with Gasteiger partial charge in [-0.2, -0.15) is 5.10 Å². The molecule has 1 aliphatic rings. The third kappa shape index (κ3) is 3.95. The first-order valence-corrected chi connectivity index (χ1v) is 7.87. The molecule has 1 saturated heterocycles. The van der Waals surface area contributed by atoms with Gasteiger partial charge in [-0.3, -0.25) is 9.48 Å². The summed E-state index contributed by atoms with van der Waals surface area (Å²) < 4.78 is 1.93. The van der Waals surface area contributed by atoms with Gasteiger partial charge in [0.2, 0.25) is 5.91 Å². The number of carbonyl (C=O) groups is 1. The van der Waals surface area contributed by atoms with Crippen molar-refractivity contribution in [2.24, 2.45) is 0 Å². The lowest BCUT2D eigenvalue weighted by Crippen LogP contribution is -2.42. The lowest BCUT2D eigenvalue weighted by molar-refractivity contribution is -0.122.